The smallest absolute Gasteiger partial charge is 0.415 e. The standard InChI is InChI=1S/C32H36N4O6/c1-3-32(40)24-16-26-28-20(17-36(26)29(37)23(24)18-41-30(32)38)15-22-19(2)27(8-7-25(22)33-28)42-31(39)35-13-9-21(10-14-35)34-11-5-4-6-12-34/h7-8,15-16,21,40H,3-6,9-14,17-18H2,1-2H3/t32-/m0/s1. The minimum absolute atomic E-state index is 0.0941. The Bertz CT molecular complexity index is 1670. The van der Waals surface area contributed by atoms with E-state index in [1.807, 2.05) is 24.0 Å². The molecule has 3 aromatic rings. The van der Waals surface area contributed by atoms with Crippen molar-refractivity contribution in [2.75, 3.05) is 26.2 Å². The van der Waals surface area contributed by atoms with Crippen LogP contribution in [0.3, 0.4) is 0 Å². The molecule has 2 fully saturated rings. The monoisotopic (exact) mass is 572 g/mol. The van der Waals surface area contributed by atoms with Crippen LogP contribution >= 0.6 is 0 Å². The van der Waals surface area contributed by atoms with E-state index in [2.05, 4.69) is 4.90 Å². The second kappa shape index (κ2) is 10.2. The minimum Gasteiger partial charge on any atom is -0.458 e. The molecule has 4 aliphatic rings. The lowest BCUT2D eigenvalue weighted by Gasteiger charge is -2.39. The molecular formula is C32H36N4O6. The predicted molar refractivity (Wildman–Crippen MR) is 155 cm³/mol. The number of carbonyl (C=O) groups is 2. The molecule has 10 nitrogen and oxygen atoms in total. The van der Waals surface area contributed by atoms with Crippen LogP contribution in [0.25, 0.3) is 22.3 Å². The van der Waals surface area contributed by atoms with Gasteiger partial charge in [0.05, 0.1) is 29.0 Å². The number of ether oxygens (including phenoxy) is 2. The van der Waals surface area contributed by atoms with Crippen molar-refractivity contribution in [2.45, 2.75) is 77.2 Å². The van der Waals surface area contributed by atoms with Crippen molar-refractivity contribution in [1.82, 2.24) is 19.4 Å². The van der Waals surface area contributed by atoms with E-state index < -0.39 is 11.6 Å². The lowest BCUT2D eigenvalue weighted by Crippen LogP contribution is -2.48. The maximum atomic E-state index is 13.4. The summed E-state index contributed by atoms with van der Waals surface area (Å²) in [4.78, 5) is 48.3. The van der Waals surface area contributed by atoms with E-state index in [1.165, 1.54) is 32.4 Å². The summed E-state index contributed by atoms with van der Waals surface area (Å²) in [7, 11) is 0. The number of pyridine rings is 2. The van der Waals surface area contributed by atoms with Crippen molar-refractivity contribution >= 4 is 23.0 Å². The zero-order chi connectivity index (χ0) is 29.2. The number of piperidine rings is 2. The van der Waals surface area contributed by atoms with Gasteiger partial charge in [-0.2, -0.15) is 0 Å². The van der Waals surface area contributed by atoms with Crippen molar-refractivity contribution in [3.05, 3.63) is 56.9 Å². The molecular weight excluding hydrogens is 536 g/mol. The topological polar surface area (TPSA) is 114 Å². The lowest BCUT2D eigenvalue weighted by molar-refractivity contribution is -0.172. The first kappa shape index (κ1) is 27.1. The molecule has 0 spiro atoms. The number of carbonyl (C=O) groups excluding carboxylic acids is 2. The van der Waals surface area contributed by atoms with Crippen LogP contribution < -0.4 is 10.3 Å². The Kier molecular flexibility index (Phi) is 6.58. The van der Waals surface area contributed by atoms with Gasteiger partial charge < -0.3 is 28.9 Å². The van der Waals surface area contributed by atoms with Crippen LogP contribution in [-0.4, -0.2) is 68.7 Å². The van der Waals surface area contributed by atoms with E-state index in [1.54, 1.807) is 23.6 Å². The van der Waals surface area contributed by atoms with Gasteiger partial charge in [-0.3, -0.25) is 4.79 Å². The highest BCUT2D eigenvalue weighted by Crippen LogP contribution is 2.39. The Morgan fingerprint density at radius 1 is 1.12 bits per heavy atom. The number of cyclic esters (lactones) is 1. The van der Waals surface area contributed by atoms with Gasteiger partial charge in [-0.05, 0) is 76.4 Å². The third-order valence-electron chi connectivity index (χ3n) is 9.74. The number of fused-ring (bicyclic) bond motifs is 5. The van der Waals surface area contributed by atoms with Crippen LogP contribution in [0.1, 0.15) is 67.7 Å². The van der Waals surface area contributed by atoms with Gasteiger partial charge in [0.15, 0.2) is 5.60 Å². The zero-order valence-corrected chi connectivity index (χ0v) is 24.1. The number of benzene rings is 1. The molecule has 1 amide bonds. The summed E-state index contributed by atoms with van der Waals surface area (Å²) in [6.07, 6.45) is 5.57. The maximum absolute atomic E-state index is 13.4. The highest BCUT2D eigenvalue weighted by atomic mass is 16.6. The Balaban J connectivity index is 1.14. The Labute approximate surface area is 243 Å². The number of amides is 1. The van der Waals surface area contributed by atoms with Gasteiger partial charge in [-0.1, -0.05) is 13.3 Å². The molecule has 1 atom stereocenters. The molecule has 4 aliphatic heterocycles. The molecule has 6 heterocycles. The molecule has 0 aliphatic carbocycles. The third kappa shape index (κ3) is 4.22. The molecule has 2 saturated heterocycles. The quantitative estimate of drug-likeness (QED) is 0.369. The molecule has 0 unspecified atom stereocenters. The minimum atomic E-state index is -1.86. The average Bonchev–Trinajstić information content (AvgIpc) is 3.38. The van der Waals surface area contributed by atoms with Gasteiger partial charge in [0, 0.05) is 41.2 Å². The van der Waals surface area contributed by atoms with Crippen LogP contribution in [-0.2, 0) is 28.3 Å². The molecule has 0 saturated carbocycles. The first-order valence-corrected chi connectivity index (χ1v) is 15.1. The summed E-state index contributed by atoms with van der Waals surface area (Å²) < 4.78 is 12.7. The van der Waals surface area contributed by atoms with Gasteiger partial charge in [0.2, 0.25) is 0 Å². The van der Waals surface area contributed by atoms with E-state index in [4.69, 9.17) is 14.5 Å². The van der Waals surface area contributed by atoms with Gasteiger partial charge in [0.1, 0.15) is 12.4 Å². The van der Waals surface area contributed by atoms with Crippen LogP contribution in [0.4, 0.5) is 4.79 Å². The first-order chi connectivity index (χ1) is 20.3. The van der Waals surface area contributed by atoms with Crippen LogP contribution in [0.2, 0.25) is 0 Å². The number of aryl methyl sites for hydroxylation is 1. The number of rotatable bonds is 3. The van der Waals surface area contributed by atoms with E-state index >= 15 is 0 Å². The number of esters is 1. The Hall–Kier alpha value is -3.76. The normalized spacial score (nSPS) is 22.5. The van der Waals surface area contributed by atoms with Gasteiger partial charge in [-0.25, -0.2) is 14.6 Å². The van der Waals surface area contributed by atoms with Gasteiger partial charge in [0.25, 0.3) is 5.56 Å². The Morgan fingerprint density at radius 3 is 2.62 bits per heavy atom. The van der Waals surface area contributed by atoms with Crippen molar-refractivity contribution in [2.24, 2.45) is 0 Å². The number of hydrogen-bond donors (Lipinski definition) is 1. The molecule has 1 N–H and O–H groups in total. The summed E-state index contributed by atoms with van der Waals surface area (Å²) in [5.41, 5.74) is 2.01. The fourth-order valence-corrected chi connectivity index (χ4v) is 7.14. The van der Waals surface area contributed by atoms with Crippen LogP contribution in [0.5, 0.6) is 5.75 Å². The summed E-state index contributed by atoms with van der Waals surface area (Å²) >= 11 is 0. The molecule has 220 valence electrons. The van der Waals surface area contributed by atoms with Crippen LogP contribution in [0.15, 0.2) is 29.1 Å². The van der Waals surface area contributed by atoms with Gasteiger partial charge in [-0.15, -0.1) is 0 Å². The largest absolute Gasteiger partial charge is 0.458 e. The number of nitrogens with zero attached hydrogens (tertiary/aromatic N) is 4. The fourth-order valence-electron chi connectivity index (χ4n) is 7.14. The number of aromatic nitrogens is 2. The highest BCUT2D eigenvalue weighted by molar-refractivity contribution is 5.90. The molecule has 0 radical (unpaired) electrons. The second-order valence-corrected chi connectivity index (χ2v) is 12.0. The summed E-state index contributed by atoms with van der Waals surface area (Å²) in [5.74, 6) is -0.241. The molecule has 2 aromatic heterocycles. The van der Waals surface area contributed by atoms with E-state index in [0.29, 0.717) is 59.5 Å². The van der Waals surface area contributed by atoms with Gasteiger partial charge >= 0.3 is 12.1 Å². The lowest BCUT2D eigenvalue weighted by atomic mass is 9.86. The average molecular weight is 573 g/mol. The van der Waals surface area contributed by atoms with E-state index in [-0.39, 0.29) is 24.7 Å². The molecule has 0 bridgehead atoms. The fraction of sp³-hybridized carbons (Fsp3) is 0.500. The maximum Gasteiger partial charge on any atom is 0.415 e. The van der Waals surface area contributed by atoms with Crippen molar-refractivity contribution < 1.29 is 24.2 Å². The van der Waals surface area contributed by atoms with Crippen molar-refractivity contribution in [3.8, 4) is 17.1 Å². The highest BCUT2D eigenvalue weighted by Gasteiger charge is 2.45. The molecule has 10 heteroatoms. The number of likely N-dealkylation sites (tertiary alicyclic amines) is 2. The Morgan fingerprint density at radius 2 is 1.88 bits per heavy atom. The summed E-state index contributed by atoms with van der Waals surface area (Å²) in [5, 5.41) is 11.9. The van der Waals surface area contributed by atoms with Crippen LogP contribution in [0, 0.1) is 6.92 Å². The zero-order valence-electron chi connectivity index (χ0n) is 24.1. The summed E-state index contributed by atoms with van der Waals surface area (Å²) in [6, 6.07) is 7.86. The van der Waals surface area contributed by atoms with Crippen molar-refractivity contribution in [1.29, 1.82) is 0 Å². The molecule has 42 heavy (non-hydrogen) atoms. The molecule has 7 rings (SSSR count). The first-order valence-electron chi connectivity index (χ1n) is 15.1. The third-order valence-corrected chi connectivity index (χ3v) is 9.74. The van der Waals surface area contributed by atoms with E-state index in [0.717, 1.165) is 29.4 Å². The van der Waals surface area contributed by atoms with Crippen molar-refractivity contribution in [3.63, 3.8) is 0 Å². The number of aliphatic hydroxyl groups is 1. The SMILES string of the molecule is CC[C@@]1(O)C(=O)OCc2c1cc1n(c2=O)Cc2cc3c(C)c(OC(=O)N4CCC(N5CCCCC5)CC4)ccc3nc2-1. The predicted octanol–water partition coefficient (Wildman–Crippen LogP) is 3.84. The van der Waals surface area contributed by atoms with E-state index in [9.17, 15) is 19.5 Å². The second-order valence-electron chi connectivity index (χ2n) is 12.0. The molecule has 1 aromatic carbocycles. The number of hydrogen-bond acceptors (Lipinski definition) is 8. The summed E-state index contributed by atoms with van der Waals surface area (Å²) in [6.45, 7) is 7.48.